The van der Waals surface area contributed by atoms with E-state index >= 15 is 0 Å². The zero-order valence-corrected chi connectivity index (χ0v) is 15.3. The van der Waals surface area contributed by atoms with Gasteiger partial charge in [0.15, 0.2) is 0 Å². The largest absolute Gasteiger partial charge is 0.350 e. The Hall–Kier alpha value is -2.24. The van der Waals surface area contributed by atoms with Crippen molar-refractivity contribution in [2.75, 3.05) is 28.2 Å². The van der Waals surface area contributed by atoms with Crippen LogP contribution in [-0.2, 0) is 17.9 Å². The monoisotopic (exact) mass is 343 g/mol. The van der Waals surface area contributed by atoms with Gasteiger partial charge in [-0.15, -0.1) is 0 Å². The lowest BCUT2D eigenvalue weighted by Gasteiger charge is -2.24. The van der Waals surface area contributed by atoms with Gasteiger partial charge < -0.3 is 10.2 Å². The summed E-state index contributed by atoms with van der Waals surface area (Å²) in [5, 5.41) is 3.01. The second-order valence-electron chi connectivity index (χ2n) is 6.64. The first-order chi connectivity index (χ1) is 11.9. The van der Waals surface area contributed by atoms with E-state index in [0.717, 1.165) is 17.7 Å². The molecule has 0 aromatic heterocycles. The number of likely N-dealkylation sites (N-methyl/N-ethyl adjacent to an activating group) is 1. The zero-order valence-electron chi connectivity index (χ0n) is 15.3. The Bertz CT molecular complexity index is 698. The molecule has 1 atom stereocenters. The maximum atomic E-state index is 13.2. The number of hydrogen-bond donors (Lipinski definition) is 1. The summed E-state index contributed by atoms with van der Waals surface area (Å²) in [6.07, 6.45) is 0. The molecule has 1 amide bonds. The summed E-state index contributed by atoms with van der Waals surface area (Å²) in [6, 6.07) is 13.7. The molecule has 0 saturated heterocycles. The maximum Gasteiger partial charge on any atom is 0.242 e. The summed E-state index contributed by atoms with van der Waals surface area (Å²) >= 11 is 0. The van der Waals surface area contributed by atoms with Crippen molar-refractivity contribution in [3.8, 4) is 0 Å². The molecule has 0 aliphatic heterocycles. The topological polar surface area (TPSA) is 35.6 Å². The quantitative estimate of drug-likeness (QED) is 0.840. The predicted molar refractivity (Wildman–Crippen MR) is 98.5 cm³/mol. The summed E-state index contributed by atoms with van der Waals surface area (Å²) in [7, 11) is 7.72. The Morgan fingerprint density at radius 1 is 1.00 bits per heavy atom. The van der Waals surface area contributed by atoms with E-state index in [9.17, 15) is 9.18 Å². The van der Waals surface area contributed by atoms with Gasteiger partial charge in [-0.05, 0) is 57.0 Å². The summed E-state index contributed by atoms with van der Waals surface area (Å²) in [5.74, 6) is -0.407. The van der Waals surface area contributed by atoms with E-state index in [2.05, 4.69) is 16.3 Å². The highest BCUT2D eigenvalue weighted by Gasteiger charge is 2.22. The Morgan fingerprint density at radius 3 is 2.16 bits per heavy atom. The van der Waals surface area contributed by atoms with Crippen LogP contribution in [0.3, 0.4) is 0 Å². The van der Waals surface area contributed by atoms with Gasteiger partial charge in [0.05, 0.1) is 0 Å². The van der Waals surface area contributed by atoms with Crippen molar-refractivity contribution in [2.45, 2.75) is 19.1 Å². The first-order valence-corrected chi connectivity index (χ1v) is 8.29. The lowest BCUT2D eigenvalue weighted by atomic mass is 10.0. The molecule has 2 aromatic carbocycles. The first-order valence-electron chi connectivity index (χ1n) is 8.29. The molecule has 4 nitrogen and oxygen atoms in total. The maximum absolute atomic E-state index is 13.2. The molecule has 0 spiro atoms. The lowest BCUT2D eigenvalue weighted by Crippen LogP contribution is -2.37. The molecule has 0 saturated carbocycles. The molecule has 0 heterocycles. The van der Waals surface area contributed by atoms with Crippen molar-refractivity contribution in [1.29, 1.82) is 0 Å². The van der Waals surface area contributed by atoms with Crippen molar-refractivity contribution in [3.63, 3.8) is 0 Å². The van der Waals surface area contributed by atoms with Crippen molar-refractivity contribution in [2.24, 2.45) is 0 Å². The van der Waals surface area contributed by atoms with E-state index < -0.39 is 6.04 Å². The molecule has 1 unspecified atom stereocenters. The number of carbonyl (C=O) groups excluding carboxylic acids is 1. The van der Waals surface area contributed by atoms with E-state index in [1.807, 2.05) is 51.3 Å². The molecule has 2 rings (SSSR count). The Morgan fingerprint density at radius 2 is 1.60 bits per heavy atom. The average molecular weight is 343 g/mol. The van der Waals surface area contributed by atoms with E-state index in [4.69, 9.17) is 0 Å². The number of nitrogens with one attached hydrogen (secondary N) is 1. The van der Waals surface area contributed by atoms with Gasteiger partial charge in [-0.25, -0.2) is 4.39 Å². The highest BCUT2D eigenvalue weighted by molar-refractivity contribution is 5.83. The minimum absolute atomic E-state index is 0.101. The van der Waals surface area contributed by atoms with Gasteiger partial charge in [0.2, 0.25) is 5.91 Å². The minimum Gasteiger partial charge on any atom is -0.350 e. The molecule has 0 aliphatic carbocycles. The van der Waals surface area contributed by atoms with Crippen LogP contribution < -0.4 is 5.32 Å². The van der Waals surface area contributed by atoms with E-state index in [1.54, 1.807) is 12.1 Å². The third-order valence-corrected chi connectivity index (χ3v) is 4.01. The molecule has 0 fully saturated rings. The summed E-state index contributed by atoms with van der Waals surface area (Å²) < 4.78 is 13.2. The number of carbonyl (C=O) groups is 1. The smallest absolute Gasteiger partial charge is 0.242 e. The lowest BCUT2D eigenvalue weighted by molar-refractivity contribution is -0.125. The number of benzene rings is 2. The predicted octanol–water partition coefficient (Wildman–Crippen LogP) is 2.81. The van der Waals surface area contributed by atoms with Crippen LogP contribution in [0.5, 0.6) is 0 Å². The van der Waals surface area contributed by atoms with Gasteiger partial charge in [-0.3, -0.25) is 9.69 Å². The molecule has 25 heavy (non-hydrogen) atoms. The first kappa shape index (κ1) is 19.1. The molecular formula is C20H26FN3O. The van der Waals surface area contributed by atoms with Crippen LogP contribution >= 0.6 is 0 Å². The van der Waals surface area contributed by atoms with Crippen molar-refractivity contribution >= 4 is 5.91 Å². The number of nitrogens with zero attached hydrogens (tertiary/aromatic N) is 2. The molecule has 0 radical (unpaired) electrons. The van der Waals surface area contributed by atoms with Crippen LogP contribution in [0.25, 0.3) is 0 Å². The molecule has 5 heteroatoms. The number of hydrogen-bond acceptors (Lipinski definition) is 3. The number of amides is 1. The van der Waals surface area contributed by atoms with E-state index in [1.165, 1.54) is 17.7 Å². The van der Waals surface area contributed by atoms with E-state index in [-0.39, 0.29) is 11.7 Å². The Kier molecular flexibility index (Phi) is 6.67. The summed E-state index contributed by atoms with van der Waals surface area (Å²) in [4.78, 5) is 16.6. The van der Waals surface area contributed by atoms with Crippen molar-refractivity contribution in [1.82, 2.24) is 15.1 Å². The molecule has 2 aromatic rings. The fraction of sp³-hybridized carbons (Fsp3) is 0.350. The van der Waals surface area contributed by atoms with Gasteiger partial charge in [0, 0.05) is 13.1 Å². The van der Waals surface area contributed by atoms with Crippen LogP contribution in [0.15, 0.2) is 48.5 Å². The van der Waals surface area contributed by atoms with Crippen molar-refractivity contribution < 1.29 is 9.18 Å². The van der Waals surface area contributed by atoms with Crippen LogP contribution in [0.1, 0.15) is 22.7 Å². The SMILES string of the molecule is CN(C)Cc1ccccc1CNC(=O)C(c1ccc(F)cc1)N(C)C. The Labute approximate surface area is 149 Å². The second kappa shape index (κ2) is 8.74. The van der Waals surface area contributed by atoms with E-state index in [0.29, 0.717) is 6.54 Å². The van der Waals surface area contributed by atoms with Gasteiger partial charge >= 0.3 is 0 Å². The van der Waals surface area contributed by atoms with Crippen LogP contribution in [0.4, 0.5) is 4.39 Å². The van der Waals surface area contributed by atoms with Gasteiger partial charge in [0.1, 0.15) is 11.9 Å². The number of halogens is 1. The summed E-state index contributed by atoms with van der Waals surface area (Å²) in [5.41, 5.74) is 3.06. The standard InChI is InChI=1S/C20H26FN3O/c1-23(2)14-17-8-6-5-7-16(17)13-22-20(25)19(24(3)4)15-9-11-18(21)12-10-15/h5-12,19H,13-14H2,1-4H3,(H,22,25). The second-order valence-corrected chi connectivity index (χ2v) is 6.64. The highest BCUT2D eigenvalue weighted by atomic mass is 19.1. The number of rotatable bonds is 7. The molecule has 0 bridgehead atoms. The zero-order chi connectivity index (χ0) is 18.4. The van der Waals surface area contributed by atoms with Gasteiger partial charge in [-0.1, -0.05) is 36.4 Å². The Balaban J connectivity index is 2.11. The highest BCUT2D eigenvalue weighted by Crippen LogP contribution is 2.19. The molecule has 134 valence electrons. The van der Waals surface area contributed by atoms with Crippen LogP contribution in [0.2, 0.25) is 0 Å². The average Bonchev–Trinajstić information content (AvgIpc) is 2.55. The molecule has 0 aliphatic rings. The third-order valence-electron chi connectivity index (χ3n) is 4.01. The fourth-order valence-electron chi connectivity index (χ4n) is 2.83. The van der Waals surface area contributed by atoms with Gasteiger partial charge in [-0.2, -0.15) is 0 Å². The fourth-order valence-corrected chi connectivity index (χ4v) is 2.83. The summed E-state index contributed by atoms with van der Waals surface area (Å²) in [6.45, 7) is 1.29. The van der Waals surface area contributed by atoms with Crippen LogP contribution in [0, 0.1) is 5.82 Å². The van der Waals surface area contributed by atoms with Crippen molar-refractivity contribution in [3.05, 3.63) is 71.0 Å². The molecular weight excluding hydrogens is 317 g/mol. The third kappa shape index (κ3) is 5.37. The van der Waals surface area contributed by atoms with Gasteiger partial charge in [0.25, 0.3) is 0 Å². The minimum atomic E-state index is -0.457. The van der Waals surface area contributed by atoms with Crippen LogP contribution in [-0.4, -0.2) is 43.9 Å². The molecule has 1 N–H and O–H groups in total. The normalized spacial score (nSPS) is 12.4.